The monoisotopic (exact) mass is 453 g/mol. The van der Waals surface area contributed by atoms with E-state index in [0.29, 0.717) is 13.1 Å². The van der Waals surface area contributed by atoms with E-state index in [1.807, 2.05) is 43.1 Å². The van der Waals surface area contributed by atoms with E-state index in [4.69, 9.17) is 4.74 Å². The van der Waals surface area contributed by atoms with E-state index in [0.717, 1.165) is 65.1 Å². The zero-order valence-electron chi connectivity index (χ0n) is 19.9. The van der Waals surface area contributed by atoms with Crippen LogP contribution in [-0.4, -0.2) is 47.6 Å². The van der Waals surface area contributed by atoms with Crippen LogP contribution in [0.15, 0.2) is 73.1 Å². The van der Waals surface area contributed by atoms with Gasteiger partial charge >= 0.3 is 0 Å². The SMILES string of the molecule is CCN(CC)C(=O)c1ccc(C2=CC3(CCNCC3)Oc3ccc(-c4cccnc4)cc32)cc1. The minimum absolute atomic E-state index is 0.0756. The maximum Gasteiger partial charge on any atom is 0.253 e. The van der Waals surface area contributed by atoms with Crippen LogP contribution in [-0.2, 0) is 0 Å². The Morgan fingerprint density at radius 1 is 1.00 bits per heavy atom. The van der Waals surface area contributed by atoms with Gasteiger partial charge in [0, 0.05) is 55.0 Å². The standard InChI is InChI=1S/C29H31N3O2/c1-3-32(4-2)28(33)22-9-7-21(8-10-22)26-19-29(13-16-30-17-14-29)34-27-12-11-23(18-25(26)27)24-6-5-15-31-20-24/h5-12,15,18-20,30H,3-4,13-14,16-17H2,1-2H3. The molecule has 1 spiro atoms. The second kappa shape index (κ2) is 9.43. The molecule has 1 N–H and O–H groups in total. The molecule has 2 aromatic carbocycles. The van der Waals surface area contributed by atoms with Gasteiger partial charge in [-0.15, -0.1) is 0 Å². The number of ether oxygens (including phenoxy) is 1. The van der Waals surface area contributed by atoms with Gasteiger partial charge < -0.3 is 15.0 Å². The number of nitrogens with one attached hydrogen (secondary N) is 1. The summed E-state index contributed by atoms with van der Waals surface area (Å²) in [6.07, 6.45) is 7.84. The lowest BCUT2D eigenvalue weighted by Gasteiger charge is -2.40. The smallest absolute Gasteiger partial charge is 0.253 e. The zero-order chi connectivity index (χ0) is 23.5. The van der Waals surface area contributed by atoms with Crippen LogP contribution in [0.25, 0.3) is 16.7 Å². The van der Waals surface area contributed by atoms with Crippen molar-refractivity contribution in [3.63, 3.8) is 0 Å². The molecule has 2 aliphatic rings. The molecule has 0 aliphatic carbocycles. The summed E-state index contributed by atoms with van der Waals surface area (Å²) in [4.78, 5) is 18.9. The van der Waals surface area contributed by atoms with Crippen molar-refractivity contribution in [2.24, 2.45) is 0 Å². The van der Waals surface area contributed by atoms with Crippen molar-refractivity contribution >= 4 is 11.5 Å². The first-order chi connectivity index (χ1) is 16.6. The summed E-state index contributed by atoms with van der Waals surface area (Å²) in [7, 11) is 0. The Labute approximate surface area is 201 Å². The third-order valence-electron chi connectivity index (χ3n) is 6.93. The fourth-order valence-electron chi connectivity index (χ4n) is 4.95. The van der Waals surface area contributed by atoms with Crippen molar-refractivity contribution < 1.29 is 9.53 Å². The van der Waals surface area contributed by atoms with Gasteiger partial charge in [0.2, 0.25) is 0 Å². The summed E-state index contributed by atoms with van der Waals surface area (Å²) in [5, 5.41) is 3.45. The quantitative estimate of drug-likeness (QED) is 0.579. The van der Waals surface area contributed by atoms with Crippen LogP contribution >= 0.6 is 0 Å². The fraction of sp³-hybridized carbons (Fsp3) is 0.310. The molecule has 2 aliphatic heterocycles. The first kappa shape index (κ1) is 22.4. The fourth-order valence-corrected chi connectivity index (χ4v) is 4.95. The molecule has 34 heavy (non-hydrogen) atoms. The van der Waals surface area contributed by atoms with Crippen molar-refractivity contribution in [2.45, 2.75) is 32.3 Å². The van der Waals surface area contributed by atoms with E-state index in [9.17, 15) is 4.79 Å². The van der Waals surface area contributed by atoms with Crippen LogP contribution in [0.4, 0.5) is 0 Å². The molecular formula is C29H31N3O2. The van der Waals surface area contributed by atoms with Crippen molar-refractivity contribution in [1.82, 2.24) is 15.2 Å². The Morgan fingerprint density at radius 2 is 1.74 bits per heavy atom. The van der Waals surface area contributed by atoms with E-state index in [2.05, 4.69) is 52.8 Å². The number of rotatable bonds is 5. The second-order valence-corrected chi connectivity index (χ2v) is 8.98. The summed E-state index contributed by atoms with van der Waals surface area (Å²) >= 11 is 0. The molecule has 0 atom stereocenters. The number of piperidine rings is 1. The highest BCUT2D eigenvalue weighted by molar-refractivity contribution is 5.95. The van der Waals surface area contributed by atoms with Gasteiger partial charge in [-0.05, 0) is 80.0 Å². The number of hydrogen-bond acceptors (Lipinski definition) is 4. The molecule has 5 rings (SSSR count). The van der Waals surface area contributed by atoms with Crippen LogP contribution in [0, 0.1) is 0 Å². The van der Waals surface area contributed by atoms with Gasteiger partial charge in [-0.3, -0.25) is 9.78 Å². The number of nitrogens with zero attached hydrogens (tertiary/aromatic N) is 2. The number of pyridine rings is 1. The maximum absolute atomic E-state index is 12.8. The van der Waals surface area contributed by atoms with Crippen molar-refractivity contribution in [2.75, 3.05) is 26.2 Å². The minimum Gasteiger partial charge on any atom is -0.482 e. The van der Waals surface area contributed by atoms with Gasteiger partial charge in [-0.25, -0.2) is 0 Å². The zero-order valence-corrected chi connectivity index (χ0v) is 19.9. The highest BCUT2D eigenvalue weighted by Gasteiger charge is 2.37. The lowest BCUT2D eigenvalue weighted by molar-refractivity contribution is 0.0772. The van der Waals surface area contributed by atoms with Crippen molar-refractivity contribution in [3.05, 3.63) is 89.8 Å². The van der Waals surface area contributed by atoms with Gasteiger partial charge in [0.25, 0.3) is 5.91 Å². The Bertz CT molecular complexity index is 1190. The van der Waals surface area contributed by atoms with Crippen LogP contribution in [0.5, 0.6) is 5.75 Å². The molecule has 1 amide bonds. The molecule has 0 saturated carbocycles. The largest absolute Gasteiger partial charge is 0.482 e. The summed E-state index contributed by atoms with van der Waals surface area (Å²) < 4.78 is 6.63. The van der Waals surface area contributed by atoms with Crippen LogP contribution in [0.1, 0.15) is 48.2 Å². The molecule has 1 aromatic heterocycles. The lowest BCUT2D eigenvalue weighted by atomic mass is 9.82. The number of aromatic nitrogens is 1. The third kappa shape index (κ3) is 4.24. The Kier molecular flexibility index (Phi) is 6.20. The highest BCUT2D eigenvalue weighted by Crippen LogP contribution is 2.44. The van der Waals surface area contributed by atoms with E-state index < -0.39 is 0 Å². The molecule has 5 heteroatoms. The second-order valence-electron chi connectivity index (χ2n) is 8.98. The van der Waals surface area contributed by atoms with Gasteiger partial charge in [0.05, 0.1) is 0 Å². The van der Waals surface area contributed by atoms with Crippen LogP contribution in [0.2, 0.25) is 0 Å². The molecule has 1 saturated heterocycles. The van der Waals surface area contributed by atoms with Crippen molar-refractivity contribution in [1.29, 1.82) is 0 Å². The van der Waals surface area contributed by atoms with Crippen LogP contribution < -0.4 is 10.1 Å². The van der Waals surface area contributed by atoms with Gasteiger partial charge in [-0.2, -0.15) is 0 Å². The number of hydrogen-bond donors (Lipinski definition) is 1. The minimum atomic E-state index is -0.306. The average molecular weight is 454 g/mol. The van der Waals surface area contributed by atoms with Crippen LogP contribution in [0.3, 0.4) is 0 Å². The normalized spacial score (nSPS) is 16.4. The van der Waals surface area contributed by atoms with E-state index >= 15 is 0 Å². The van der Waals surface area contributed by atoms with E-state index in [-0.39, 0.29) is 11.5 Å². The number of benzene rings is 2. The molecular weight excluding hydrogens is 422 g/mol. The summed E-state index contributed by atoms with van der Waals surface area (Å²) in [5.41, 5.74) is 5.94. The van der Waals surface area contributed by atoms with E-state index in [1.54, 1.807) is 6.20 Å². The molecule has 3 aromatic rings. The molecule has 5 nitrogen and oxygen atoms in total. The topological polar surface area (TPSA) is 54.5 Å². The maximum atomic E-state index is 12.8. The highest BCUT2D eigenvalue weighted by atomic mass is 16.5. The number of fused-ring (bicyclic) bond motifs is 1. The number of carbonyl (C=O) groups excluding carboxylic acids is 1. The van der Waals surface area contributed by atoms with E-state index in [1.165, 1.54) is 0 Å². The molecule has 0 radical (unpaired) electrons. The third-order valence-corrected chi connectivity index (χ3v) is 6.93. The number of amides is 1. The van der Waals surface area contributed by atoms with Crippen molar-refractivity contribution in [3.8, 4) is 16.9 Å². The predicted octanol–water partition coefficient (Wildman–Crippen LogP) is 5.18. The molecule has 1 fully saturated rings. The first-order valence-corrected chi connectivity index (χ1v) is 12.2. The van der Waals surface area contributed by atoms with Gasteiger partial charge in [-0.1, -0.05) is 24.3 Å². The Morgan fingerprint density at radius 3 is 2.41 bits per heavy atom. The predicted molar refractivity (Wildman–Crippen MR) is 136 cm³/mol. The number of carbonyl (C=O) groups is 1. The summed E-state index contributed by atoms with van der Waals surface area (Å²) in [5.74, 6) is 0.988. The average Bonchev–Trinajstić information content (AvgIpc) is 2.90. The lowest BCUT2D eigenvalue weighted by Crippen LogP contribution is -2.46. The Hall–Kier alpha value is -3.44. The van der Waals surface area contributed by atoms with Gasteiger partial charge in [0.1, 0.15) is 11.4 Å². The molecule has 3 heterocycles. The molecule has 174 valence electrons. The molecule has 0 unspecified atom stereocenters. The van der Waals surface area contributed by atoms with Gasteiger partial charge in [0.15, 0.2) is 0 Å². The summed E-state index contributed by atoms with van der Waals surface area (Å²) in [6, 6.07) is 18.5. The molecule has 0 bridgehead atoms. The first-order valence-electron chi connectivity index (χ1n) is 12.2. The summed E-state index contributed by atoms with van der Waals surface area (Å²) in [6.45, 7) is 7.31. The Balaban J connectivity index is 1.57.